The molecule has 1 saturated carbocycles. The normalized spacial score (nSPS) is 22.5. The molecule has 0 spiro atoms. The Hall–Kier alpha value is -1.66. The van der Waals surface area contributed by atoms with Gasteiger partial charge < -0.3 is 19.7 Å². The first kappa shape index (κ1) is 22.4. The van der Waals surface area contributed by atoms with Crippen LogP contribution in [0.15, 0.2) is 24.3 Å². The van der Waals surface area contributed by atoms with Gasteiger partial charge in [0.15, 0.2) is 0 Å². The van der Waals surface area contributed by atoms with Crippen molar-refractivity contribution in [2.75, 3.05) is 6.61 Å². The lowest BCUT2D eigenvalue weighted by molar-refractivity contribution is -0.239. The summed E-state index contributed by atoms with van der Waals surface area (Å²) in [6, 6.07) is 0. The molecule has 0 bridgehead atoms. The zero-order chi connectivity index (χ0) is 19.9. The lowest BCUT2D eigenvalue weighted by Crippen LogP contribution is -2.45. The second kappa shape index (κ2) is 9.88. The minimum absolute atomic E-state index is 0.0350. The first-order valence-corrected chi connectivity index (χ1v) is 9.19. The number of carbonyl (C=O) groups is 2. The Bertz CT molecular complexity index is 510. The molecule has 0 aliphatic heterocycles. The van der Waals surface area contributed by atoms with Gasteiger partial charge in [-0.05, 0) is 51.9 Å². The highest BCUT2D eigenvalue weighted by Gasteiger charge is 2.53. The predicted octanol–water partition coefficient (Wildman–Crippen LogP) is 2.88. The summed E-state index contributed by atoms with van der Waals surface area (Å²) in [6.07, 6.45) is 2.64. The second-order valence-electron chi connectivity index (χ2n) is 7.37. The fraction of sp³-hybridized carbons (Fsp3) is 0.700. The zero-order valence-corrected chi connectivity index (χ0v) is 16.1. The van der Waals surface area contributed by atoms with E-state index in [1.165, 1.54) is 0 Å². The molecule has 6 nitrogen and oxygen atoms in total. The van der Waals surface area contributed by atoms with Crippen LogP contribution in [0, 0.1) is 11.8 Å². The van der Waals surface area contributed by atoms with E-state index < -0.39 is 23.8 Å². The summed E-state index contributed by atoms with van der Waals surface area (Å²) in [4.78, 5) is 24.3. The van der Waals surface area contributed by atoms with Crippen molar-refractivity contribution >= 4 is 11.9 Å². The topological polar surface area (TPSA) is 93.1 Å². The van der Waals surface area contributed by atoms with Gasteiger partial charge in [0.2, 0.25) is 0 Å². The molecule has 1 rings (SSSR count). The molecule has 0 heterocycles. The van der Waals surface area contributed by atoms with Gasteiger partial charge in [-0.2, -0.15) is 0 Å². The Morgan fingerprint density at radius 1 is 1.15 bits per heavy atom. The Kier molecular flexibility index (Phi) is 8.50. The number of hydrogen-bond donors (Lipinski definition) is 2. The van der Waals surface area contributed by atoms with Gasteiger partial charge >= 0.3 is 11.9 Å². The van der Waals surface area contributed by atoms with Gasteiger partial charge in [-0.3, -0.25) is 0 Å². The smallest absolute Gasteiger partial charge is 0.336 e. The SMILES string of the molecule is C=C(C)C(=O)OC1(OC(=O)C(=C)C)CCC(C)C1CCC(O)CCCO. The van der Waals surface area contributed by atoms with E-state index in [-0.39, 0.29) is 29.6 Å². The fourth-order valence-corrected chi connectivity index (χ4v) is 3.36. The van der Waals surface area contributed by atoms with Crippen LogP contribution in [0.5, 0.6) is 0 Å². The van der Waals surface area contributed by atoms with E-state index in [1.807, 2.05) is 6.92 Å². The lowest BCUT2D eigenvalue weighted by atomic mass is 9.87. The summed E-state index contributed by atoms with van der Waals surface area (Å²) in [7, 11) is 0. The van der Waals surface area contributed by atoms with Crippen molar-refractivity contribution in [1.29, 1.82) is 0 Å². The van der Waals surface area contributed by atoms with Crippen LogP contribution in [0.2, 0.25) is 0 Å². The average molecular weight is 368 g/mol. The number of aliphatic hydroxyl groups excluding tert-OH is 2. The summed E-state index contributed by atoms with van der Waals surface area (Å²) in [6.45, 7) is 12.3. The zero-order valence-electron chi connectivity index (χ0n) is 16.1. The number of ether oxygens (including phenoxy) is 2. The fourth-order valence-electron chi connectivity index (χ4n) is 3.36. The van der Waals surface area contributed by atoms with Crippen molar-refractivity contribution in [1.82, 2.24) is 0 Å². The minimum Gasteiger partial charge on any atom is -0.419 e. The van der Waals surface area contributed by atoms with E-state index in [0.717, 1.165) is 6.42 Å². The third-order valence-electron chi connectivity index (χ3n) is 4.93. The van der Waals surface area contributed by atoms with Crippen molar-refractivity contribution in [3.63, 3.8) is 0 Å². The Labute approximate surface area is 155 Å². The molecule has 0 aromatic rings. The number of aliphatic hydroxyl groups is 2. The van der Waals surface area contributed by atoms with E-state index in [9.17, 15) is 14.7 Å². The van der Waals surface area contributed by atoms with Crippen LogP contribution in [-0.2, 0) is 19.1 Å². The molecule has 0 radical (unpaired) electrons. The van der Waals surface area contributed by atoms with Crippen molar-refractivity contribution in [3.05, 3.63) is 24.3 Å². The lowest BCUT2D eigenvalue weighted by Gasteiger charge is -2.36. The average Bonchev–Trinajstić information content (AvgIpc) is 2.86. The van der Waals surface area contributed by atoms with Gasteiger partial charge in [-0.25, -0.2) is 9.59 Å². The molecule has 0 saturated heterocycles. The number of carbonyl (C=O) groups excluding carboxylic acids is 2. The van der Waals surface area contributed by atoms with Crippen LogP contribution < -0.4 is 0 Å². The van der Waals surface area contributed by atoms with Crippen LogP contribution in [0.3, 0.4) is 0 Å². The third kappa shape index (κ3) is 5.95. The van der Waals surface area contributed by atoms with E-state index in [2.05, 4.69) is 13.2 Å². The molecular formula is C20H32O6. The van der Waals surface area contributed by atoms with Crippen LogP contribution in [-0.4, -0.2) is 40.6 Å². The molecule has 0 amide bonds. The molecular weight excluding hydrogens is 336 g/mol. The largest absolute Gasteiger partial charge is 0.419 e. The summed E-state index contributed by atoms with van der Waals surface area (Å²) in [5.74, 6) is -2.62. The van der Waals surface area contributed by atoms with Gasteiger partial charge in [0, 0.05) is 30.1 Å². The first-order valence-electron chi connectivity index (χ1n) is 9.19. The molecule has 6 heteroatoms. The molecule has 0 aromatic heterocycles. The quantitative estimate of drug-likeness (QED) is 0.350. The van der Waals surface area contributed by atoms with Crippen LogP contribution in [0.4, 0.5) is 0 Å². The summed E-state index contributed by atoms with van der Waals surface area (Å²) < 4.78 is 11.3. The van der Waals surface area contributed by atoms with Crippen LogP contribution in [0.25, 0.3) is 0 Å². The molecule has 148 valence electrons. The van der Waals surface area contributed by atoms with Gasteiger partial charge in [-0.15, -0.1) is 0 Å². The molecule has 0 aromatic carbocycles. The van der Waals surface area contributed by atoms with Gasteiger partial charge in [0.1, 0.15) is 0 Å². The standard InChI is InChI=1S/C20H32O6/c1-13(2)18(23)25-20(26-19(24)14(3)4)11-10-15(5)17(20)9-8-16(22)7-6-12-21/h15-17,21-22H,1,3,6-12H2,2,4-5H3. The number of hydrogen-bond acceptors (Lipinski definition) is 6. The molecule has 26 heavy (non-hydrogen) atoms. The third-order valence-corrected chi connectivity index (χ3v) is 4.93. The number of esters is 2. The van der Waals surface area contributed by atoms with Crippen molar-refractivity contribution in [2.45, 2.75) is 71.2 Å². The predicted molar refractivity (Wildman–Crippen MR) is 98.0 cm³/mol. The highest BCUT2D eigenvalue weighted by atomic mass is 16.7. The van der Waals surface area contributed by atoms with Crippen molar-refractivity contribution in [2.24, 2.45) is 11.8 Å². The molecule has 2 N–H and O–H groups in total. The summed E-state index contributed by atoms with van der Waals surface area (Å²) in [5, 5.41) is 19.0. The maximum absolute atomic E-state index is 12.2. The highest BCUT2D eigenvalue weighted by molar-refractivity contribution is 5.89. The molecule has 3 unspecified atom stereocenters. The van der Waals surface area contributed by atoms with E-state index in [0.29, 0.717) is 32.1 Å². The van der Waals surface area contributed by atoms with E-state index in [4.69, 9.17) is 14.6 Å². The Balaban J connectivity index is 2.98. The second-order valence-corrected chi connectivity index (χ2v) is 7.37. The van der Waals surface area contributed by atoms with Gasteiger partial charge in [0.25, 0.3) is 5.79 Å². The monoisotopic (exact) mass is 368 g/mol. The maximum atomic E-state index is 12.2. The van der Waals surface area contributed by atoms with E-state index >= 15 is 0 Å². The van der Waals surface area contributed by atoms with Gasteiger partial charge in [0.05, 0.1) is 6.10 Å². The minimum atomic E-state index is -1.36. The van der Waals surface area contributed by atoms with E-state index in [1.54, 1.807) is 13.8 Å². The summed E-state index contributed by atoms with van der Waals surface area (Å²) >= 11 is 0. The first-order chi connectivity index (χ1) is 12.1. The van der Waals surface area contributed by atoms with Crippen molar-refractivity contribution < 1.29 is 29.3 Å². The Morgan fingerprint density at radius 3 is 2.15 bits per heavy atom. The molecule has 1 aliphatic carbocycles. The Morgan fingerprint density at radius 2 is 1.69 bits per heavy atom. The van der Waals surface area contributed by atoms with Gasteiger partial charge in [-0.1, -0.05) is 20.1 Å². The van der Waals surface area contributed by atoms with Crippen LogP contribution in [0.1, 0.15) is 59.3 Å². The molecule has 1 aliphatic rings. The maximum Gasteiger partial charge on any atom is 0.336 e. The van der Waals surface area contributed by atoms with Crippen molar-refractivity contribution in [3.8, 4) is 0 Å². The molecule has 3 atom stereocenters. The summed E-state index contributed by atoms with van der Waals surface area (Å²) in [5.41, 5.74) is 0.467. The molecule has 1 fully saturated rings. The number of rotatable bonds is 10. The highest BCUT2D eigenvalue weighted by Crippen LogP contribution is 2.47. The van der Waals surface area contributed by atoms with Crippen LogP contribution >= 0.6 is 0 Å².